The zero-order chi connectivity index (χ0) is 19.4. The van der Waals surface area contributed by atoms with Crippen LogP contribution < -0.4 is 16.2 Å². The van der Waals surface area contributed by atoms with Crippen LogP contribution in [0.3, 0.4) is 0 Å². The molecule has 2 aromatic heterocycles. The van der Waals surface area contributed by atoms with Gasteiger partial charge in [-0.1, -0.05) is 17.7 Å². The molecule has 3 aromatic rings. The van der Waals surface area contributed by atoms with E-state index >= 15 is 0 Å². The van der Waals surface area contributed by atoms with Crippen molar-refractivity contribution in [2.24, 2.45) is 0 Å². The third-order valence-corrected chi connectivity index (χ3v) is 6.13. The van der Waals surface area contributed by atoms with Crippen molar-refractivity contribution < 1.29 is 14.4 Å². The normalized spacial score (nSPS) is 10.3. The predicted octanol–water partition coefficient (Wildman–Crippen LogP) is 4.55. The van der Waals surface area contributed by atoms with Crippen molar-refractivity contribution in [3.8, 4) is 0 Å². The zero-order valence-electron chi connectivity index (χ0n) is 13.4. The average molecular weight is 485 g/mol. The van der Waals surface area contributed by atoms with E-state index in [0.29, 0.717) is 20.5 Å². The number of halogens is 2. The topological polar surface area (TPSA) is 87.3 Å². The summed E-state index contributed by atoms with van der Waals surface area (Å²) in [7, 11) is 0. The van der Waals surface area contributed by atoms with Gasteiger partial charge in [0, 0.05) is 5.56 Å². The standard InChI is InChI=1S/C17H11BrClN3O3S2/c18-14-6-5-13(27-14)17(25)22-21-15(23)9-3-4-10(19)11(8-9)20-16(24)12-2-1-7-26-12/h1-8H,(H,20,24)(H,21,23)(H,22,25). The van der Waals surface area contributed by atoms with E-state index < -0.39 is 11.8 Å². The molecule has 1 aromatic carbocycles. The highest BCUT2D eigenvalue weighted by Gasteiger charge is 2.14. The van der Waals surface area contributed by atoms with Crippen LogP contribution in [0.2, 0.25) is 5.02 Å². The monoisotopic (exact) mass is 483 g/mol. The Bertz CT molecular complexity index is 1000. The number of amides is 3. The molecule has 3 N–H and O–H groups in total. The van der Waals surface area contributed by atoms with Crippen LogP contribution in [0, 0.1) is 0 Å². The molecular weight excluding hydrogens is 474 g/mol. The molecule has 0 bridgehead atoms. The van der Waals surface area contributed by atoms with E-state index in [1.54, 1.807) is 29.6 Å². The van der Waals surface area contributed by atoms with Gasteiger partial charge < -0.3 is 5.32 Å². The van der Waals surface area contributed by atoms with Gasteiger partial charge in [-0.2, -0.15) is 0 Å². The lowest BCUT2D eigenvalue weighted by atomic mass is 10.2. The number of hydrogen-bond donors (Lipinski definition) is 3. The zero-order valence-corrected chi connectivity index (χ0v) is 17.4. The van der Waals surface area contributed by atoms with Gasteiger partial charge in [0.05, 0.1) is 24.3 Å². The van der Waals surface area contributed by atoms with E-state index in [9.17, 15) is 14.4 Å². The highest BCUT2D eigenvalue weighted by Crippen LogP contribution is 2.24. The number of carbonyl (C=O) groups excluding carboxylic acids is 3. The van der Waals surface area contributed by atoms with Crippen molar-refractivity contribution in [1.82, 2.24) is 10.9 Å². The summed E-state index contributed by atoms with van der Waals surface area (Å²) in [5, 5.41) is 4.75. The van der Waals surface area contributed by atoms with Gasteiger partial charge in [0.2, 0.25) is 0 Å². The molecule has 3 amide bonds. The Kier molecular flexibility index (Phi) is 6.27. The minimum absolute atomic E-state index is 0.230. The number of hydrogen-bond acceptors (Lipinski definition) is 5. The summed E-state index contributed by atoms with van der Waals surface area (Å²) in [4.78, 5) is 37.4. The Morgan fingerprint density at radius 3 is 2.37 bits per heavy atom. The van der Waals surface area contributed by atoms with Crippen molar-refractivity contribution >= 4 is 73.6 Å². The first kappa shape index (κ1) is 19.6. The predicted molar refractivity (Wildman–Crippen MR) is 111 cm³/mol. The molecule has 0 saturated carbocycles. The second-order valence-corrected chi connectivity index (χ2v) is 8.96. The molecule has 0 atom stereocenters. The molecule has 0 radical (unpaired) electrons. The Hall–Kier alpha value is -2.20. The quantitative estimate of drug-likeness (QED) is 0.475. The van der Waals surface area contributed by atoms with Gasteiger partial charge in [-0.05, 0) is 57.7 Å². The molecule has 6 nitrogen and oxygen atoms in total. The first-order chi connectivity index (χ1) is 12.9. The van der Waals surface area contributed by atoms with E-state index in [1.165, 1.54) is 40.9 Å². The minimum Gasteiger partial charge on any atom is -0.320 e. The van der Waals surface area contributed by atoms with Crippen LogP contribution >= 0.6 is 50.2 Å². The second kappa shape index (κ2) is 8.66. The van der Waals surface area contributed by atoms with Crippen molar-refractivity contribution in [2.75, 3.05) is 5.32 Å². The molecule has 0 unspecified atom stereocenters. The molecule has 3 rings (SSSR count). The lowest BCUT2D eigenvalue weighted by molar-refractivity contribution is 0.0849. The third kappa shape index (κ3) is 4.95. The first-order valence-corrected chi connectivity index (χ1v) is 10.3. The number of benzene rings is 1. The number of thiophene rings is 2. The third-order valence-electron chi connectivity index (χ3n) is 3.31. The minimum atomic E-state index is -0.540. The SMILES string of the molecule is O=C(NNC(=O)c1ccc(Br)s1)c1ccc(Cl)c(NC(=O)c2cccs2)c1. The fourth-order valence-corrected chi connectivity index (χ4v) is 4.10. The maximum atomic E-state index is 12.3. The molecule has 2 heterocycles. The number of hydrazine groups is 1. The average Bonchev–Trinajstić information content (AvgIpc) is 3.33. The number of anilines is 1. The van der Waals surface area contributed by atoms with E-state index in [4.69, 9.17) is 11.6 Å². The molecule has 0 aliphatic carbocycles. The van der Waals surface area contributed by atoms with Crippen LogP contribution in [0.15, 0.2) is 51.6 Å². The largest absolute Gasteiger partial charge is 0.320 e. The van der Waals surface area contributed by atoms with Gasteiger partial charge in [-0.25, -0.2) is 0 Å². The van der Waals surface area contributed by atoms with E-state index in [2.05, 4.69) is 32.1 Å². The summed E-state index contributed by atoms with van der Waals surface area (Å²) in [5.74, 6) is -1.29. The summed E-state index contributed by atoms with van der Waals surface area (Å²) in [6.45, 7) is 0. The summed E-state index contributed by atoms with van der Waals surface area (Å²) in [6.07, 6.45) is 0. The molecule has 10 heteroatoms. The fourth-order valence-electron chi connectivity index (χ4n) is 2.04. The number of nitrogens with one attached hydrogen (secondary N) is 3. The van der Waals surface area contributed by atoms with Gasteiger partial charge >= 0.3 is 0 Å². The summed E-state index contributed by atoms with van der Waals surface area (Å²) in [6, 6.07) is 11.3. The molecule has 0 aliphatic heterocycles. The van der Waals surface area contributed by atoms with E-state index in [1.807, 2.05) is 0 Å². The Balaban J connectivity index is 1.66. The highest BCUT2D eigenvalue weighted by atomic mass is 79.9. The second-order valence-electron chi connectivity index (χ2n) is 5.14. The Morgan fingerprint density at radius 1 is 0.926 bits per heavy atom. The smallest absolute Gasteiger partial charge is 0.279 e. The molecule has 27 heavy (non-hydrogen) atoms. The van der Waals surface area contributed by atoms with Crippen molar-refractivity contribution in [2.45, 2.75) is 0 Å². The lowest BCUT2D eigenvalue weighted by Gasteiger charge is -2.10. The van der Waals surface area contributed by atoms with Crippen molar-refractivity contribution in [3.63, 3.8) is 0 Å². The Morgan fingerprint density at radius 2 is 1.70 bits per heavy atom. The summed E-state index contributed by atoms with van der Waals surface area (Å²) >= 11 is 11.9. The molecular formula is C17H11BrClN3O3S2. The van der Waals surface area contributed by atoms with E-state index in [-0.39, 0.29) is 11.5 Å². The molecule has 0 fully saturated rings. The maximum absolute atomic E-state index is 12.3. The first-order valence-electron chi connectivity index (χ1n) is 7.44. The lowest BCUT2D eigenvalue weighted by Crippen LogP contribution is -2.41. The van der Waals surface area contributed by atoms with Gasteiger partial charge in [-0.15, -0.1) is 22.7 Å². The van der Waals surface area contributed by atoms with Gasteiger partial charge in [0.1, 0.15) is 0 Å². The molecule has 0 saturated heterocycles. The summed E-state index contributed by atoms with van der Waals surface area (Å²) < 4.78 is 0.808. The van der Waals surface area contributed by atoms with Crippen LogP contribution in [0.4, 0.5) is 5.69 Å². The Labute approximate surface area is 175 Å². The molecule has 0 aliphatic rings. The molecule has 0 spiro atoms. The van der Waals surface area contributed by atoms with Crippen molar-refractivity contribution in [3.05, 3.63) is 72.0 Å². The van der Waals surface area contributed by atoms with Crippen LogP contribution in [0.25, 0.3) is 0 Å². The maximum Gasteiger partial charge on any atom is 0.279 e. The number of rotatable bonds is 4. The summed E-state index contributed by atoms with van der Waals surface area (Å²) in [5.41, 5.74) is 5.21. The van der Waals surface area contributed by atoms with Crippen LogP contribution in [0.1, 0.15) is 29.7 Å². The van der Waals surface area contributed by atoms with E-state index in [0.717, 1.165) is 3.79 Å². The van der Waals surface area contributed by atoms with Gasteiger partial charge in [0.25, 0.3) is 17.7 Å². The molecule has 138 valence electrons. The van der Waals surface area contributed by atoms with Gasteiger partial charge in [0.15, 0.2) is 0 Å². The fraction of sp³-hybridized carbons (Fsp3) is 0. The number of carbonyl (C=O) groups is 3. The van der Waals surface area contributed by atoms with Crippen LogP contribution in [0.5, 0.6) is 0 Å². The van der Waals surface area contributed by atoms with Gasteiger partial charge in [-0.3, -0.25) is 25.2 Å². The van der Waals surface area contributed by atoms with Crippen LogP contribution in [-0.4, -0.2) is 17.7 Å². The van der Waals surface area contributed by atoms with Crippen LogP contribution in [-0.2, 0) is 0 Å². The van der Waals surface area contributed by atoms with Crippen molar-refractivity contribution in [1.29, 1.82) is 0 Å². The highest BCUT2D eigenvalue weighted by molar-refractivity contribution is 9.11.